The Morgan fingerprint density at radius 3 is 3.00 bits per heavy atom. The molecule has 0 bridgehead atoms. The monoisotopic (exact) mass is 170 g/mol. The summed E-state index contributed by atoms with van der Waals surface area (Å²) in [5.41, 5.74) is 0. The van der Waals surface area contributed by atoms with Crippen molar-refractivity contribution >= 4 is 17.1 Å². The number of carbonyl (C=O) groups excluding carboxylic acids is 1. The van der Waals surface area contributed by atoms with Crippen molar-refractivity contribution < 1.29 is 9.90 Å². The van der Waals surface area contributed by atoms with Crippen molar-refractivity contribution in [3.8, 4) is 0 Å². The first kappa shape index (κ1) is 8.43. The number of thiophene rings is 1. The number of Topliss-reactive ketones (excluding diaryl/α,β-unsaturated/α-hetero) is 1. The van der Waals surface area contributed by atoms with E-state index in [0.29, 0.717) is 6.42 Å². The van der Waals surface area contributed by atoms with Gasteiger partial charge in [0.15, 0.2) is 5.78 Å². The predicted octanol–water partition coefficient (Wildman–Crippen LogP) is 1.76. The second-order valence-electron chi connectivity index (χ2n) is 2.24. The Balaban J connectivity index is 2.70. The maximum atomic E-state index is 11.0. The third-order valence-corrected chi connectivity index (χ3v) is 2.39. The molecule has 0 fully saturated rings. The van der Waals surface area contributed by atoms with Gasteiger partial charge >= 0.3 is 0 Å². The Hall–Kier alpha value is -0.670. The summed E-state index contributed by atoms with van der Waals surface area (Å²) in [7, 11) is 0. The maximum absolute atomic E-state index is 11.0. The van der Waals surface area contributed by atoms with Crippen molar-refractivity contribution in [1.29, 1.82) is 0 Å². The van der Waals surface area contributed by atoms with Gasteiger partial charge in [-0.25, -0.2) is 0 Å². The number of rotatable bonds is 3. The van der Waals surface area contributed by atoms with Crippen molar-refractivity contribution in [3.63, 3.8) is 0 Å². The maximum Gasteiger partial charge on any atom is 0.166 e. The molecule has 1 atom stereocenters. The smallest absolute Gasteiger partial charge is 0.166 e. The molecule has 1 aromatic rings. The Kier molecular flexibility index (Phi) is 2.79. The SMILES string of the molecule is CCC(=O)C(O)c1cccs1. The van der Waals surface area contributed by atoms with Gasteiger partial charge in [-0.15, -0.1) is 11.3 Å². The lowest BCUT2D eigenvalue weighted by atomic mass is 10.1. The van der Waals surface area contributed by atoms with Crippen LogP contribution in [0.2, 0.25) is 0 Å². The average Bonchev–Trinajstić information content (AvgIpc) is 2.53. The molecule has 0 aromatic carbocycles. The standard InChI is InChI=1S/C8H10O2S/c1-2-6(9)8(10)7-4-3-5-11-7/h3-5,8,10H,2H2,1H3. The molecule has 1 aromatic heterocycles. The summed E-state index contributed by atoms with van der Waals surface area (Å²) in [5, 5.41) is 11.2. The second-order valence-corrected chi connectivity index (χ2v) is 3.22. The quantitative estimate of drug-likeness (QED) is 0.750. The van der Waals surface area contributed by atoms with E-state index in [9.17, 15) is 9.90 Å². The molecule has 1 heterocycles. The fraction of sp³-hybridized carbons (Fsp3) is 0.375. The molecule has 0 saturated carbocycles. The lowest BCUT2D eigenvalue weighted by Crippen LogP contribution is -2.08. The van der Waals surface area contributed by atoms with Crippen LogP contribution in [0.25, 0.3) is 0 Å². The van der Waals surface area contributed by atoms with Gasteiger partial charge in [0.05, 0.1) is 0 Å². The summed E-state index contributed by atoms with van der Waals surface area (Å²) in [5.74, 6) is -0.118. The Morgan fingerprint density at radius 2 is 2.55 bits per heavy atom. The molecule has 0 aliphatic rings. The van der Waals surface area contributed by atoms with Crippen LogP contribution in [0.4, 0.5) is 0 Å². The highest BCUT2D eigenvalue weighted by atomic mass is 32.1. The van der Waals surface area contributed by atoms with E-state index in [2.05, 4.69) is 0 Å². The zero-order valence-electron chi connectivity index (χ0n) is 6.28. The van der Waals surface area contributed by atoms with Gasteiger partial charge in [-0.2, -0.15) is 0 Å². The minimum Gasteiger partial charge on any atom is -0.380 e. The van der Waals surface area contributed by atoms with Crippen LogP contribution in [0.3, 0.4) is 0 Å². The first-order chi connectivity index (χ1) is 5.25. The van der Waals surface area contributed by atoms with Crippen molar-refractivity contribution in [3.05, 3.63) is 22.4 Å². The van der Waals surface area contributed by atoms with E-state index >= 15 is 0 Å². The molecule has 0 aliphatic carbocycles. The van der Waals surface area contributed by atoms with Crippen LogP contribution >= 0.6 is 11.3 Å². The summed E-state index contributed by atoms with van der Waals surface area (Å²) in [6.45, 7) is 1.75. The minimum atomic E-state index is -0.903. The lowest BCUT2D eigenvalue weighted by molar-refractivity contribution is -0.126. The summed E-state index contributed by atoms with van der Waals surface area (Å²) in [4.78, 5) is 11.7. The van der Waals surface area contributed by atoms with Crippen LogP contribution in [0, 0.1) is 0 Å². The van der Waals surface area contributed by atoms with Gasteiger partial charge in [0.2, 0.25) is 0 Å². The molecule has 3 heteroatoms. The van der Waals surface area contributed by atoms with E-state index in [1.165, 1.54) is 11.3 Å². The number of hydrogen-bond donors (Lipinski definition) is 1. The first-order valence-corrected chi connectivity index (χ1v) is 4.38. The van der Waals surface area contributed by atoms with E-state index < -0.39 is 6.10 Å². The van der Waals surface area contributed by atoms with Gasteiger partial charge in [-0.3, -0.25) is 4.79 Å². The molecular formula is C8H10O2S. The van der Waals surface area contributed by atoms with Gasteiger partial charge in [0, 0.05) is 11.3 Å². The molecule has 1 rings (SSSR count). The fourth-order valence-electron chi connectivity index (χ4n) is 0.799. The molecule has 2 nitrogen and oxygen atoms in total. The van der Waals surface area contributed by atoms with Gasteiger partial charge in [0.25, 0.3) is 0 Å². The summed E-state index contributed by atoms with van der Waals surface area (Å²) in [6, 6.07) is 3.59. The molecule has 0 saturated heterocycles. The van der Waals surface area contributed by atoms with E-state index in [1.807, 2.05) is 11.4 Å². The van der Waals surface area contributed by atoms with Crippen LogP contribution in [-0.2, 0) is 4.79 Å². The lowest BCUT2D eigenvalue weighted by Gasteiger charge is -2.03. The summed E-state index contributed by atoms with van der Waals surface area (Å²) in [6.07, 6.45) is -0.515. The predicted molar refractivity (Wildman–Crippen MR) is 44.6 cm³/mol. The van der Waals surface area contributed by atoms with Crippen molar-refractivity contribution in [2.75, 3.05) is 0 Å². The number of ketones is 1. The van der Waals surface area contributed by atoms with Gasteiger partial charge < -0.3 is 5.11 Å². The number of carbonyl (C=O) groups is 1. The summed E-state index contributed by atoms with van der Waals surface area (Å²) >= 11 is 1.40. The van der Waals surface area contributed by atoms with E-state index in [4.69, 9.17) is 0 Å². The topological polar surface area (TPSA) is 37.3 Å². The van der Waals surface area contributed by atoms with Gasteiger partial charge in [-0.05, 0) is 11.4 Å². The molecule has 1 unspecified atom stereocenters. The number of aliphatic hydroxyl groups is 1. The first-order valence-electron chi connectivity index (χ1n) is 3.50. The number of hydrogen-bond acceptors (Lipinski definition) is 3. The third kappa shape index (κ3) is 1.88. The molecular weight excluding hydrogens is 160 g/mol. The highest BCUT2D eigenvalue weighted by molar-refractivity contribution is 7.10. The van der Waals surface area contributed by atoms with Crippen LogP contribution < -0.4 is 0 Å². The molecule has 60 valence electrons. The number of aliphatic hydroxyl groups excluding tert-OH is 1. The third-order valence-electron chi connectivity index (χ3n) is 1.47. The molecule has 0 spiro atoms. The largest absolute Gasteiger partial charge is 0.380 e. The molecule has 1 N–H and O–H groups in total. The fourth-order valence-corrected chi connectivity index (χ4v) is 1.53. The minimum absolute atomic E-state index is 0.118. The van der Waals surface area contributed by atoms with Crippen LogP contribution in [0.15, 0.2) is 17.5 Å². The van der Waals surface area contributed by atoms with E-state index in [1.54, 1.807) is 13.0 Å². The zero-order valence-corrected chi connectivity index (χ0v) is 7.10. The van der Waals surface area contributed by atoms with Crippen molar-refractivity contribution in [2.45, 2.75) is 19.4 Å². The van der Waals surface area contributed by atoms with E-state index in [-0.39, 0.29) is 5.78 Å². The van der Waals surface area contributed by atoms with Crippen molar-refractivity contribution in [2.24, 2.45) is 0 Å². The molecule has 0 amide bonds. The Bertz CT molecular complexity index is 228. The molecule has 11 heavy (non-hydrogen) atoms. The highest BCUT2D eigenvalue weighted by Gasteiger charge is 2.15. The Labute approximate surface area is 69.5 Å². The van der Waals surface area contributed by atoms with Crippen LogP contribution in [-0.4, -0.2) is 10.9 Å². The van der Waals surface area contributed by atoms with Crippen LogP contribution in [0.1, 0.15) is 24.3 Å². The molecule has 0 radical (unpaired) electrons. The summed E-state index contributed by atoms with van der Waals surface area (Å²) < 4.78 is 0. The zero-order chi connectivity index (χ0) is 8.27. The Morgan fingerprint density at radius 1 is 1.82 bits per heavy atom. The van der Waals surface area contributed by atoms with Gasteiger partial charge in [-0.1, -0.05) is 13.0 Å². The van der Waals surface area contributed by atoms with Gasteiger partial charge in [0.1, 0.15) is 6.10 Å². The second kappa shape index (κ2) is 3.64. The average molecular weight is 170 g/mol. The molecule has 0 aliphatic heterocycles. The van der Waals surface area contributed by atoms with E-state index in [0.717, 1.165) is 4.88 Å². The normalized spacial score (nSPS) is 12.9. The van der Waals surface area contributed by atoms with Crippen LogP contribution in [0.5, 0.6) is 0 Å². The highest BCUT2D eigenvalue weighted by Crippen LogP contribution is 2.19. The van der Waals surface area contributed by atoms with Crippen molar-refractivity contribution in [1.82, 2.24) is 0 Å².